The molecule has 1 rings (SSSR count). The molecule has 0 spiro atoms. The van der Waals surface area contributed by atoms with Gasteiger partial charge in [0.05, 0.1) is 6.61 Å². The van der Waals surface area contributed by atoms with Crippen LogP contribution in [0.25, 0.3) is 0 Å². The maximum Gasteiger partial charge on any atom is 0.0558 e. The molecule has 0 aliphatic carbocycles. The van der Waals surface area contributed by atoms with Gasteiger partial charge < -0.3 is 15.3 Å². The number of aliphatic hydroxyl groups excluding tert-OH is 1. The predicted octanol–water partition coefficient (Wildman–Crippen LogP) is 1.40. The maximum absolute atomic E-state index is 9.05. The van der Waals surface area contributed by atoms with E-state index in [0.29, 0.717) is 11.5 Å². The molecule has 0 amide bonds. The van der Waals surface area contributed by atoms with Gasteiger partial charge in [0.25, 0.3) is 0 Å². The molecule has 1 saturated heterocycles. The number of β-amino-alcohol motifs (C(OH)–C–C–N with tert-alkyl or cyclic N) is 1. The Balaban J connectivity index is 2.42. The van der Waals surface area contributed by atoms with Crippen molar-refractivity contribution in [2.75, 3.05) is 52.4 Å². The summed E-state index contributed by atoms with van der Waals surface area (Å²) in [7, 11) is 0. The lowest BCUT2D eigenvalue weighted by atomic mass is 9.84. The van der Waals surface area contributed by atoms with Crippen molar-refractivity contribution in [3.8, 4) is 0 Å². The summed E-state index contributed by atoms with van der Waals surface area (Å²) in [5.41, 5.74) is 0.293. The summed E-state index contributed by atoms with van der Waals surface area (Å²) in [5.74, 6) is 0. The Hall–Kier alpha value is -0.160. The van der Waals surface area contributed by atoms with E-state index in [-0.39, 0.29) is 6.61 Å². The van der Waals surface area contributed by atoms with Crippen molar-refractivity contribution in [3.05, 3.63) is 0 Å². The van der Waals surface area contributed by atoms with E-state index in [2.05, 4.69) is 42.8 Å². The third-order valence-corrected chi connectivity index (χ3v) is 4.60. The van der Waals surface area contributed by atoms with Gasteiger partial charge >= 0.3 is 0 Å². The minimum Gasteiger partial charge on any atom is -0.395 e. The molecule has 1 unspecified atom stereocenters. The van der Waals surface area contributed by atoms with E-state index in [1.807, 2.05) is 0 Å². The lowest BCUT2D eigenvalue weighted by Crippen LogP contribution is -2.47. The van der Waals surface area contributed by atoms with E-state index < -0.39 is 0 Å². The van der Waals surface area contributed by atoms with Crippen LogP contribution in [-0.2, 0) is 0 Å². The molecule has 1 aliphatic heterocycles. The third kappa shape index (κ3) is 6.08. The summed E-state index contributed by atoms with van der Waals surface area (Å²) < 4.78 is 0. The number of hydrogen-bond acceptors (Lipinski definition) is 4. The molecule has 4 nitrogen and oxygen atoms in total. The first-order valence-electron chi connectivity index (χ1n) is 8.28. The second kappa shape index (κ2) is 8.98. The number of aliphatic hydroxyl groups is 1. The van der Waals surface area contributed by atoms with Crippen molar-refractivity contribution in [1.29, 1.82) is 0 Å². The predicted molar refractivity (Wildman–Crippen MR) is 86.1 cm³/mol. The summed E-state index contributed by atoms with van der Waals surface area (Å²) >= 11 is 0. The monoisotopic (exact) mass is 285 g/mol. The molecule has 0 aromatic carbocycles. The Labute approximate surface area is 125 Å². The minimum atomic E-state index is 0.281. The van der Waals surface area contributed by atoms with Crippen LogP contribution in [-0.4, -0.2) is 73.4 Å². The zero-order valence-corrected chi connectivity index (χ0v) is 14.0. The van der Waals surface area contributed by atoms with Crippen LogP contribution in [0, 0.1) is 5.41 Å². The van der Waals surface area contributed by atoms with Crippen LogP contribution < -0.4 is 5.32 Å². The van der Waals surface area contributed by atoms with Crippen molar-refractivity contribution in [1.82, 2.24) is 15.1 Å². The van der Waals surface area contributed by atoms with E-state index in [9.17, 15) is 0 Å². The van der Waals surface area contributed by atoms with Crippen molar-refractivity contribution in [2.24, 2.45) is 5.41 Å². The average molecular weight is 285 g/mol. The Bertz CT molecular complexity index is 258. The molecular weight excluding hydrogens is 250 g/mol. The highest BCUT2D eigenvalue weighted by atomic mass is 16.3. The standard InChI is InChI=1S/C16H35N3O/c1-5-7-17-15(2)16(3,4)14-19-9-6-8-18(10-11-19)12-13-20/h15,17,20H,5-14H2,1-4H3. The van der Waals surface area contributed by atoms with Gasteiger partial charge in [0.1, 0.15) is 0 Å². The summed E-state index contributed by atoms with van der Waals surface area (Å²) in [4.78, 5) is 4.98. The zero-order valence-electron chi connectivity index (χ0n) is 14.0. The van der Waals surface area contributed by atoms with E-state index in [4.69, 9.17) is 5.11 Å². The molecule has 120 valence electrons. The molecule has 1 heterocycles. The number of hydrogen-bond donors (Lipinski definition) is 2. The van der Waals surface area contributed by atoms with Crippen LogP contribution in [0.15, 0.2) is 0 Å². The molecule has 4 heteroatoms. The normalized spacial score (nSPS) is 20.9. The first-order valence-corrected chi connectivity index (χ1v) is 8.28. The van der Waals surface area contributed by atoms with Crippen LogP contribution in [0.4, 0.5) is 0 Å². The van der Waals surface area contributed by atoms with Gasteiger partial charge in [-0.25, -0.2) is 0 Å². The fourth-order valence-electron chi connectivity index (χ4n) is 2.90. The van der Waals surface area contributed by atoms with Crippen LogP contribution in [0.5, 0.6) is 0 Å². The second-order valence-corrected chi connectivity index (χ2v) is 6.86. The lowest BCUT2D eigenvalue weighted by Gasteiger charge is -2.37. The molecule has 1 fully saturated rings. The third-order valence-electron chi connectivity index (χ3n) is 4.60. The second-order valence-electron chi connectivity index (χ2n) is 6.86. The summed E-state index contributed by atoms with van der Waals surface area (Å²) in [6.45, 7) is 17.2. The number of rotatable bonds is 8. The molecule has 0 aromatic rings. The quantitative estimate of drug-likeness (QED) is 0.707. The zero-order chi connectivity index (χ0) is 15.0. The SMILES string of the molecule is CCCNC(C)C(C)(C)CN1CCCN(CCO)CC1. The first-order chi connectivity index (χ1) is 9.49. The van der Waals surface area contributed by atoms with Gasteiger partial charge in [-0.1, -0.05) is 20.8 Å². The maximum atomic E-state index is 9.05. The molecule has 2 N–H and O–H groups in total. The molecule has 0 aromatic heterocycles. The Kier molecular flexibility index (Phi) is 8.03. The summed E-state index contributed by atoms with van der Waals surface area (Å²) in [6, 6.07) is 0.541. The highest BCUT2D eigenvalue weighted by Gasteiger charge is 2.28. The summed E-state index contributed by atoms with van der Waals surface area (Å²) in [6.07, 6.45) is 2.41. The van der Waals surface area contributed by atoms with Gasteiger partial charge in [0.15, 0.2) is 0 Å². The Morgan fingerprint density at radius 2 is 1.80 bits per heavy atom. The first kappa shape index (κ1) is 17.9. The van der Waals surface area contributed by atoms with Crippen molar-refractivity contribution in [3.63, 3.8) is 0 Å². The molecule has 0 bridgehead atoms. The molecule has 1 aliphatic rings. The van der Waals surface area contributed by atoms with Crippen LogP contribution in [0.1, 0.15) is 40.5 Å². The molecule has 1 atom stereocenters. The minimum absolute atomic E-state index is 0.281. The van der Waals surface area contributed by atoms with Gasteiger partial charge in [-0.2, -0.15) is 0 Å². The van der Waals surface area contributed by atoms with Gasteiger partial charge in [0, 0.05) is 32.2 Å². The molecule has 20 heavy (non-hydrogen) atoms. The number of nitrogens with one attached hydrogen (secondary N) is 1. The van der Waals surface area contributed by atoms with Crippen molar-refractivity contribution < 1.29 is 5.11 Å². The fourth-order valence-corrected chi connectivity index (χ4v) is 2.90. The Morgan fingerprint density at radius 3 is 2.45 bits per heavy atom. The topological polar surface area (TPSA) is 38.7 Å². The van der Waals surface area contributed by atoms with Crippen molar-refractivity contribution >= 4 is 0 Å². The van der Waals surface area contributed by atoms with Crippen molar-refractivity contribution in [2.45, 2.75) is 46.6 Å². The van der Waals surface area contributed by atoms with Crippen LogP contribution in [0.3, 0.4) is 0 Å². The van der Waals surface area contributed by atoms with E-state index in [0.717, 1.165) is 39.3 Å². The lowest BCUT2D eigenvalue weighted by molar-refractivity contribution is 0.142. The molecular formula is C16H35N3O. The Morgan fingerprint density at radius 1 is 1.15 bits per heavy atom. The smallest absolute Gasteiger partial charge is 0.0558 e. The van der Waals surface area contributed by atoms with E-state index in [1.54, 1.807) is 0 Å². The molecule has 0 saturated carbocycles. The van der Waals surface area contributed by atoms with E-state index in [1.165, 1.54) is 19.4 Å². The van der Waals surface area contributed by atoms with Gasteiger partial charge in [-0.05, 0) is 44.8 Å². The largest absolute Gasteiger partial charge is 0.395 e. The van der Waals surface area contributed by atoms with Crippen LogP contribution in [0.2, 0.25) is 0 Å². The summed E-state index contributed by atoms with van der Waals surface area (Å²) in [5, 5.41) is 12.7. The van der Waals surface area contributed by atoms with Gasteiger partial charge in [-0.3, -0.25) is 4.90 Å². The average Bonchev–Trinajstić information content (AvgIpc) is 2.61. The van der Waals surface area contributed by atoms with Crippen LogP contribution >= 0.6 is 0 Å². The van der Waals surface area contributed by atoms with E-state index >= 15 is 0 Å². The fraction of sp³-hybridized carbons (Fsp3) is 1.00. The highest BCUT2D eigenvalue weighted by molar-refractivity contribution is 4.85. The van der Waals surface area contributed by atoms with Gasteiger partial charge in [0.2, 0.25) is 0 Å². The van der Waals surface area contributed by atoms with Gasteiger partial charge in [-0.15, -0.1) is 0 Å². The molecule has 0 radical (unpaired) electrons. The highest BCUT2D eigenvalue weighted by Crippen LogP contribution is 2.23. The number of nitrogens with zero attached hydrogens (tertiary/aromatic N) is 2.